The summed E-state index contributed by atoms with van der Waals surface area (Å²) in [5, 5.41) is 41.0. The van der Waals surface area contributed by atoms with Crippen LogP contribution in [0.4, 0.5) is 10.1 Å². The van der Waals surface area contributed by atoms with Crippen LogP contribution < -0.4 is 14.4 Å². The molecule has 3 unspecified atom stereocenters. The molecule has 294 valence electrons. The number of aliphatic hydroxyl groups excluding tert-OH is 3. The summed E-state index contributed by atoms with van der Waals surface area (Å²) >= 11 is 0. The maximum Gasteiger partial charge on any atom is 0.233 e. The quantitative estimate of drug-likeness (QED) is 0.0540. The van der Waals surface area contributed by atoms with Gasteiger partial charge in [0.2, 0.25) is 15.9 Å². The molecule has 12 heteroatoms. The third kappa shape index (κ3) is 9.70. The molecule has 6 rings (SSSR count). The van der Waals surface area contributed by atoms with Crippen LogP contribution in [0.3, 0.4) is 0 Å². The lowest BCUT2D eigenvalue weighted by Crippen LogP contribution is -2.55. The molecule has 0 aliphatic carbocycles. The Kier molecular flexibility index (Phi) is 13.0. The van der Waals surface area contributed by atoms with E-state index < -0.39 is 52.7 Å². The number of aliphatic hydroxyl groups is 4. The molecule has 3 atom stereocenters. The minimum Gasteiger partial charge on any atom is -0.489 e. The summed E-state index contributed by atoms with van der Waals surface area (Å²) in [6.07, 6.45) is 2.10. The predicted octanol–water partition coefficient (Wildman–Crippen LogP) is 5.94. The highest BCUT2D eigenvalue weighted by Crippen LogP contribution is 2.49. The van der Waals surface area contributed by atoms with Gasteiger partial charge >= 0.3 is 0 Å². The molecule has 0 saturated carbocycles. The molecule has 0 aromatic heterocycles. The topological polar surface area (TPSA) is 157 Å². The fourth-order valence-corrected chi connectivity index (χ4v) is 7.58. The number of β-lactam (4-membered cyclic amide) rings is 1. The first-order valence-corrected chi connectivity index (χ1v) is 20.4. The van der Waals surface area contributed by atoms with Crippen LogP contribution in [0.15, 0.2) is 121 Å². The number of aryl methyl sites for hydroxylation is 1. The van der Waals surface area contributed by atoms with Crippen molar-refractivity contribution in [2.75, 3.05) is 30.9 Å². The summed E-state index contributed by atoms with van der Waals surface area (Å²) in [6.45, 7) is -0.704. The smallest absolute Gasteiger partial charge is 0.233 e. The van der Waals surface area contributed by atoms with E-state index in [0.717, 1.165) is 34.1 Å². The van der Waals surface area contributed by atoms with Gasteiger partial charge in [-0.2, -0.15) is 0 Å². The molecule has 10 nitrogen and oxygen atoms in total. The van der Waals surface area contributed by atoms with E-state index in [4.69, 9.17) is 4.74 Å². The molecule has 0 bridgehead atoms. The summed E-state index contributed by atoms with van der Waals surface area (Å²) in [5.74, 6) is -0.466. The van der Waals surface area contributed by atoms with Crippen molar-refractivity contribution in [3.63, 3.8) is 0 Å². The van der Waals surface area contributed by atoms with Gasteiger partial charge in [0.1, 0.15) is 23.8 Å². The lowest BCUT2D eigenvalue weighted by molar-refractivity contribution is -0.131. The Morgan fingerprint density at radius 1 is 0.857 bits per heavy atom. The molecule has 1 fully saturated rings. The van der Waals surface area contributed by atoms with Crippen LogP contribution in [0.25, 0.3) is 11.1 Å². The normalized spacial score (nSPS) is 16.4. The third-order valence-electron chi connectivity index (χ3n) is 10.3. The highest BCUT2D eigenvalue weighted by molar-refractivity contribution is 7.88. The molecule has 5 aromatic rings. The average molecular weight is 783 g/mol. The summed E-state index contributed by atoms with van der Waals surface area (Å²) < 4.78 is 45.6. The van der Waals surface area contributed by atoms with Crippen molar-refractivity contribution in [1.29, 1.82) is 0 Å². The zero-order chi connectivity index (χ0) is 39.9. The maximum absolute atomic E-state index is 14.1. The molecular weight excluding hydrogens is 736 g/mol. The zero-order valence-corrected chi connectivity index (χ0v) is 31.9. The van der Waals surface area contributed by atoms with E-state index in [1.807, 2.05) is 72.8 Å². The Balaban J connectivity index is 1.33. The highest BCUT2D eigenvalue weighted by Gasteiger charge is 2.49. The van der Waals surface area contributed by atoms with Crippen LogP contribution in [0, 0.1) is 11.7 Å². The number of rotatable bonds is 18. The lowest BCUT2D eigenvalue weighted by atomic mass is 9.77. The number of anilines is 1. The molecule has 5 aromatic carbocycles. The first-order valence-electron chi connectivity index (χ1n) is 18.5. The second kappa shape index (κ2) is 17.9. The van der Waals surface area contributed by atoms with Crippen molar-refractivity contribution < 1.29 is 42.8 Å². The van der Waals surface area contributed by atoms with Gasteiger partial charge in [0.05, 0.1) is 37.5 Å². The number of hydrogen-bond donors (Lipinski definition) is 5. The number of amides is 1. The van der Waals surface area contributed by atoms with Gasteiger partial charge in [-0.25, -0.2) is 17.5 Å². The summed E-state index contributed by atoms with van der Waals surface area (Å²) in [4.78, 5) is 15.8. The molecule has 0 spiro atoms. The van der Waals surface area contributed by atoms with E-state index in [1.54, 1.807) is 41.3 Å². The van der Waals surface area contributed by atoms with Crippen molar-refractivity contribution in [1.82, 2.24) is 4.72 Å². The molecule has 1 aliphatic heterocycles. The fourth-order valence-electron chi connectivity index (χ4n) is 7.06. The van der Waals surface area contributed by atoms with Gasteiger partial charge in [0.25, 0.3) is 0 Å². The van der Waals surface area contributed by atoms with Gasteiger partial charge in [0.15, 0.2) is 0 Å². The summed E-state index contributed by atoms with van der Waals surface area (Å²) in [7, 11) is -3.28. The second-order valence-corrected chi connectivity index (χ2v) is 16.1. The predicted molar refractivity (Wildman–Crippen MR) is 213 cm³/mol. The Morgan fingerprint density at radius 3 is 2.16 bits per heavy atom. The molecule has 56 heavy (non-hydrogen) atoms. The van der Waals surface area contributed by atoms with E-state index in [2.05, 4.69) is 4.72 Å². The van der Waals surface area contributed by atoms with Crippen LogP contribution in [-0.4, -0.2) is 60.8 Å². The Bertz CT molecular complexity index is 2180. The van der Waals surface area contributed by atoms with Crippen LogP contribution in [0.2, 0.25) is 0 Å². The Hall–Kier alpha value is -4.95. The Morgan fingerprint density at radius 2 is 1.52 bits per heavy atom. The summed E-state index contributed by atoms with van der Waals surface area (Å²) in [6, 6.07) is 35.2. The number of benzene rings is 5. The maximum atomic E-state index is 14.1. The zero-order valence-electron chi connectivity index (χ0n) is 31.1. The van der Waals surface area contributed by atoms with Crippen molar-refractivity contribution in [2.45, 2.75) is 50.0 Å². The minimum atomic E-state index is -3.28. The van der Waals surface area contributed by atoms with Crippen molar-refractivity contribution in [2.24, 2.45) is 5.92 Å². The van der Waals surface area contributed by atoms with Crippen LogP contribution in [0.1, 0.15) is 59.2 Å². The number of carbonyl (C=O) groups is 1. The molecule has 1 saturated heterocycles. The first-order chi connectivity index (χ1) is 26.9. The standard InChI is InChI=1S/C44H47FN2O8S/c1-56(53,54)46-25-5-8-30-9-20-37(21-10-30)47-42(39(43(47)51)23-24-40(50)33-13-18-36(45)19-14-33)38-22-15-34(26-41(38)55-27-31-6-3-2-4-7-31)32-11-16-35(17-12-32)44(52,28-48)29-49/h2-4,6-7,9-22,26,39-40,42,46,48-50,52H,5,8,23-25,27-29H2,1H3. The molecule has 1 aliphatic rings. The fraction of sp³-hybridized carbons (Fsp3) is 0.295. The van der Waals surface area contributed by atoms with Gasteiger partial charge in [-0.05, 0) is 89.4 Å². The van der Waals surface area contributed by atoms with E-state index >= 15 is 0 Å². The van der Waals surface area contributed by atoms with E-state index in [0.29, 0.717) is 48.4 Å². The van der Waals surface area contributed by atoms with Crippen LogP contribution >= 0.6 is 0 Å². The molecule has 0 radical (unpaired) electrons. The average Bonchev–Trinajstić information content (AvgIpc) is 3.21. The van der Waals surface area contributed by atoms with Gasteiger partial charge in [-0.1, -0.05) is 91.0 Å². The second-order valence-electron chi connectivity index (χ2n) is 14.3. The third-order valence-corrected chi connectivity index (χ3v) is 11.0. The first kappa shape index (κ1) is 40.7. The van der Waals surface area contributed by atoms with E-state index in [1.165, 1.54) is 12.1 Å². The molecule has 5 N–H and O–H groups in total. The minimum absolute atomic E-state index is 0.111. The van der Waals surface area contributed by atoms with Crippen LogP contribution in [-0.2, 0) is 33.4 Å². The van der Waals surface area contributed by atoms with E-state index in [9.17, 15) is 38.0 Å². The number of halogens is 1. The van der Waals surface area contributed by atoms with Gasteiger partial charge in [-0.3, -0.25) is 4.79 Å². The summed E-state index contributed by atoms with van der Waals surface area (Å²) in [5.41, 5.74) is 4.15. The Labute approximate surface area is 326 Å². The highest BCUT2D eigenvalue weighted by atomic mass is 32.2. The monoisotopic (exact) mass is 782 g/mol. The molecule has 1 heterocycles. The molecular formula is C44H47FN2O8S. The SMILES string of the molecule is CS(=O)(=O)NCCCc1ccc(N2C(=O)C(CCC(O)c3ccc(F)cc3)C2c2ccc(-c3ccc(C(O)(CO)CO)cc3)cc2OCc2ccccc2)cc1. The van der Waals surface area contributed by atoms with Crippen molar-refractivity contribution in [3.8, 4) is 16.9 Å². The number of ether oxygens (including phenoxy) is 1. The largest absolute Gasteiger partial charge is 0.489 e. The van der Waals surface area contributed by atoms with E-state index in [-0.39, 0.29) is 18.9 Å². The van der Waals surface area contributed by atoms with Gasteiger partial charge < -0.3 is 30.1 Å². The number of hydrogen-bond acceptors (Lipinski definition) is 8. The number of carbonyl (C=O) groups excluding carboxylic acids is 1. The number of nitrogens with zero attached hydrogens (tertiary/aromatic N) is 1. The lowest BCUT2D eigenvalue weighted by Gasteiger charge is -2.48. The number of sulfonamides is 1. The van der Waals surface area contributed by atoms with Crippen molar-refractivity contribution >= 4 is 21.6 Å². The van der Waals surface area contributed by atoms with Crippen molar-refractivity contribution in [3.05, 3.63) is 155 Å². The number of nitrogens with one attached hydrogen (secondary N) is 1. The van der Waals surface area contributed by atoms with Gasteiger partial charge in [-0.15, -0.1) is 0 Å². The van der Waals surface area contributed by atoms with Crippen LogP contribution in [0.5, 0.6) is 5.75 Å². The van der Waals surface area contributed by atoms with Gasteiger partial charge in [0, 0.05) is 17.8 Å². The molecule has 1 amide bonds.